The molecule has 0 aliphatic rings. The summed E-state index contributed by atoms with van der Waals surface area (Å²) in [6.45, 7) is 9.96. The molecule has 0 spiro atoms. The molecular formula is C23H27FN4OS. The molecule has 3 aromatic rings. The summed E-state index contributed by atoms with van der Waals surface area (Å²) in [5, 5.41) is 9.01. The molecule has 2 aromatic carbocycles. The highest BCUT2D eigenvalue weighted by atomic mass is 32.2. The van der Waals surface area contributed by atoms with Crippen LogP contribution in [0.4, 0.5) is 4.39 Å². The summed E-state index contributed by atoms with van der Waals surface area (Å²) >= 11 is 1.36. The number of benzene rings is 2. The minimum atomic E-state index is -0.346. The lowest BCUT2D eigenvalue weighted by molar-refractivity contribution is -0.133. The van der Waals surface area contributed by atoms with Crippen LogP contribution < -0.4 is 0 Å². The van der Waals surface area contributed by atoms with Gasteiger partial charge in [-0.15, -0.1) is 10.2 Å². The fraction of sp³-hybridized carbons (Fsp3) is 0.348. The van der Waals surface area contributed by atoms with E-state index in [1.54, 1.807) is 12.1 Å². The highest BCUT2D eigenvalue weighted by Gasteiger charge is 2.28. The van der Waals surface area contributed by atoms with Gasteiger partial charge in [-0.2, -0.15) is 0 Å². The monoisotopic (exact) mass is 426 g/mol. The predicted octanol–water partition coefficient (Wildman–Crippen LogP) is 5.20. The van der Waals surface area contributed by atoms with Crippen LogP contribution in [-0.4, -0.2) is 42.9 Å². The van der Waals surface area contributed by atoms with E-state index in [0.29, 0.717) is 11.0 Å². The fourth-order valence-corrected chi connectivity index (χ4v) is 4.39. The second-order valence-electron chi connectivity index (χ2n) is 7.68. The van der Waals surface area contributed by atoms with E-state index >= 15 is 0 Å². The molecule has 0 bridgehead atoms. The summed E-state index contributed by atoms with van der Waals surface area (Å²) in [6.07, 6.45) is 0. The molecule has 1 aromatic heterocycles. The molecule has 0 N–H and O–H groups in total. The molecule has 7 heteroatoms. The third-order valence-electron chi connectivity index (χ3n) is 4.75. The molecule has 0 saturated heterocycles. The van der Waals surface area contributed by atoms with Crippen molar-refractivity contribution in [3.05, 3.63) is 60.4 Å². The first kappa shape index (κ1) is 22.0. The van der Waals surface area contributed by atoms with Gasteiger partial charge in [0.2, 0.25) is 5.91 Å². The smallest absolute Gasteiger partial charge is 0.236 e. The molecule has 3 rings (SSSR count). The van der Waals surface area contributed by atoms with Crippen molar-refractivity contribution in [1.82, 2.24) is 19.7 Å². The number of hydrogen-bond donors (Lipinski definition) is 0. The SMILES string of the molecule is CC(Sc1nnc(-c2ccccc2)n1-c1ccc(F)cc1)C(=O)N(C(C)C)C(C)C. The van der Waals surface area contributed by atoms with E-state index in [0.717, 1.165) is 11.3 Å². The highest BCUT2D eigenvalue weighted by Crippen LogP contribution is 2.31. The average molecular weight is 427 g/mol. The lowest BCUT2D eigenvalue weighted by Gasteiger charge is -2.32. The van der Waals surface area contributed by atoms with Crippen molar-refractivity contribution in [3.8, 4) is 17.1 Å². The van der Waals surface area contributed by atoms with E-state index in [4.69, 9.17) is 0 Å². The molecule has 1 amide bonds. The Morgan fingerprint density at radius 1 is 0.933 bits per heavy atom. The summed E-state index contributed by atoms with van der Waals surface area (Å²) in [4.78, 5) is 15.0. The standard InChI is InChI=1S/C23H27FN4OS/c1-15(2)27(16(3)4)22(29)17(5)30-23-26-25-21(18-9-7-6-8-10-18)28(23)20-13-11-19(24)12-14-20/h6-17H,1-5H3. The van der Waals surface area contributed by atoms with Crippen molar-refractivity contribution in [1.29, 1.82) is 0 Å². The third kappa shape index (κ3) is 4.73. The Labute approximate surface area is 181 Å². The van der Waals surface area contributed by atoms with E-state index in [-0.39, 0.29) is 29.1 Å². The van der Waals surface area contributed by atoms with Crippen LogP contribution >= 0.6 is 11.8 Å². The maximum atomic E-state index is 13.5. The highest BCUT2D eigenvalue weighted by molar-refractivity contribution is 8.00. The van der Waals surface area contributed by atoms with Gasteiger partial charge in [-0.25, -0.2) is 4.39 Å². The number of nitrogens with zero attached hydrogens (tertiary/aromatic N) is 4. The molecule has 0 fully saturated rings. The Kier molecular flexibility index (Phi) is 6.92. The van der Waals surface area contributed by atoms with Crippen LogP contribution in [0.1, 0.15) is 34.6 Å². The topological polar surface area (TPSA) is 51.0 Å². The van der Waals surface area contributed by atoms with Crippen LogP contribution in [0.3, 0.4) is 0 Å². The summed E-state index contributed by atoms with van der Waals surface area (Å²) in [6, 6.07) is 16.1. The Morgan fingerprint density at radius 3 is 2.10 bits per heavy atom. The van der Waals surface area contributed by atoms with Gasteiger partial charge in [-0.1, -0.05) is 42.1 Å². The van der Waals surface area contributed by atoms with Gasteiger partial charge in [-0.05, 0) is 58.9 Å². The molecule has 0 aliphatic carbocycles. The van der Waals surface area contributed by atoms with Crippen LogP contribution in [0.2, 0.25) is 0 Å². The maximum Gasteiger partial charge on any atom is 0.236 e. The van der Waals surface area contributed by atoms with Gasteiger partial charge in [0, 0.05) is 23.3 Å². The zero-order chi connectivity index (χ0) is 21.8. The average Bonchev–Trinajstić information content (AvgIpc) is 3.12. The normalized spacial score (nSPS) is 12.4. The predicted molar refractivity (Wildman–Crippen MR) is 119 cm³/mol. The van der Waals surface area contributed by atoms with Crippen LogP contribution in [0.25, 0.3) is 17.1 Å². The lowest BCUT2D eigenvalue weighted by atomic mass is 10.2. The van der Waals surface area contributed by atoms with E-state index in [9.17, 15) is 9.18 Å². The zero-order valence-corrected chi connectivity index (χ0v) is 18.7. The van der Waals surface area contributed by atoms with E-state index in [1.165, 1.54) is 23.9 Å². The van der Waals surface area contributed by atoms with Crippen molar-refractivity contribution in [2.45, 2.75) is 57.1 Å². The Morgan fingerprint density at radius 2 is 1.53 bits per heavy atom. The molecule has 1 atom stereocenters. The van der Waals surface area contributed by atoms with Crippen LogP contribution in [0.15, 0.2) is 59.8 Å². The molecule has 0 aliphatic heterocycles. The Bertz CT molecular complexity index is 978. The first-order valence-electron chi connectivity index (χ1n) is 10.0. The van der Waals surface area contributed by atoms with Gasteiger partial charge in [0.15, 0.2) is 11.0 Å². The number of carbonyl (C=O) groups is 1. The number of aromatic nitrogens is 3. The van der Waals surface area contributed by atoms with Gasteiger partial charge in [0.05, 0.1) is 5.25 Å². The van der Waals surface area contributed by atoms with Crippen molar-refractivity contribution in [3.63, 3.8) is 0 Å². The van der Waals surface area contributed by atoms with Crippen LogP contribution in [0, 0.1) is 5.82 Å². The number of carbonyl (C=O) groups excluding carboxylic acids is 1. The van der Waals surface area contributed by atoms with Gasteiger partial charge >= 0.3 is 0 Å². The van der Waals surface area contributed by atoms with Gasteiger partial charge in [0.1, 0.15) is 5.82 Å². The van der Waals surface area contributed by atoms with E-state index in [2.05, 4.69) is 10.2 Å². The Balaban J connectivity index is 2.00. The molecule has 0 saturated carbocycles. The largest absolute Gasteiger partial charge is 0.337 e. The van der Waals surface area contributed by atoms with Crippen molar-refractivity contribution >= 4 is 17.7 Å². The second-order valence-corrected chi connectivity index (χ2v) is 8.99. The summed E-state index contributed by atoms with van der Waals surface area (Å²) in [5.74, 6) is 0.393. The van der Waals surface area contributed by atoms with Crippen LogP contribution in [0.5, 0.6) is 0 Å². The molecule has 1 heterocycles. The molecule has 30 heavy (non-hydrogen) atoms. The number of amides is 1. The van der Waals surface area contributed by atoms with Crippen molar-refractivity contribution < 1.29 is 9.18 Å². The van der Waals surface area contributed by atoms with Crippen LogP contribution in [-0.2, 0) is 4.79 Å². The molecule has 1 unspecified atom stereocenters. The summed E-state index contributed by atoms with van der Waals surface area (Å²) < 4.78 is 15.4. The Hall–Kier alpha value is -2.67. The quantitative estimate of drug-likeness (QED) is 0.487. The molecule has 0 radical (unpaired) electrons. The van der Waals surface area contributed by atoms with Gasteiger partial charge < -0.3 is 4.90 Å². The minimum absolute atomic E-state index is 0.0555. The van der Waals surface area contributed by atoms with Crippen molar-refractivity contribution in [2.24, 2.45) is 0 Å². The molecular weight excluding hydrogens is 399 g/mol. The number of halogens is 1. The molecule has 5 nitrogen and oxygen atoms in total. The summed E-state index contributed by atoms with van der Waals surface area (Å²) in [5.41, 5.74) is 1.64. The van der Waals surface area contributed by atoms with Gasteiger partial charge in [-0.3, -0.25) is 9.36 Å². The first-order chi connectivity index (χ1) is 14.3. The van der Waals surface area contributed by atoms with E-state index in [1.807, 2.05) is 74.4 Å². The van der Waals surface area contributed by atoms with Gasteiger partial charge in [0.25, 0.3) is 0 Å². The van der Waals surface area contributed by atoms with E-state index < -0.39 is 0 Å². The fourth-order valence-electron chi connectivity index (χ4n) is 3.47. The zero-order valence-electron chi connectivity index (χ0n) is 17.9. The number of thioether (sulfide) groups is 1. The van der Waals surface area contributed by atoms with Crippen molar-refractivity contribution in [2.75, 3.05) is 0 Å². The third-order valence-corrected chi connectivity index (χ3v) is 5.78. The minimum Gasteiger partial charge on any atom is -0.337 e. The summed E-state index contributed by atoms with van der Waals surface area (Å²) in [7, 11) is 0. The maximum absolute atomic E-state index is 13.5. The number of hydrogen-bond acceptors (Lipinski definition) is 4. The second kappa shape index (κ2) is 9.43. The lowest BCUT2D eigenvalue weighted by Crippen LogP contribution is -2.45. The molecule has 158 valence electrons. The number of rotatable bonds is 7. The first-order valence-corrected chi connectivity index (χ1v) is 10.9.